The predicted octanol–water partition coefficient (Wildman–Crippen LogP) is 1.82. The van der Waals surface area contributed by atoms with E-state index in [-0.39, 0.29) is 23.8 Å². The molecule has 1 aromatic carbocycles. The molecule has 3 N–H and O–H groups in total. The summed E-state index contributed by atoms with van der Waals surface area (Å²) in [5.41, 5.74) is 0.367. The van der Waals surface area contributed by atoms with E-state index in [4.69, 9.17) is 11.6 Å². The highest BCUT2D eigenvalue weighted by atomic mass is 35.5. The number of benzene rings is 1. The minimum atomic E-state index is -0.604. The molecule has 0 heterocycles. The Morgan fingerprint density at radius 3 is 2.36 bits per heavy atom. The van der Waals surface area contributed by atoms with E-state index in [9.17, 15) is 9.59 Å². The fourth-order valence-electron chi connectivity index (χ4n) is 1.87. The molecule has 0 saturated carbocycles. The number of carbonyl (C=O) groups excluding carboxylic acids is 2. The molecule has 0 aliphatic heterocycles. The summed E-state index contributed by atoms with van der Waals surface area (Å²) in [4.78, 5) is 24.6. The second-order valence-electron chi connectivity index (χ2n) is 5.61. The van der Waals surface area contributed by atoms with Crippen LogP contribution in [0.5, 0.6) is 0 Å². The summed E-state index contributed by atoms with van der Waals surface area (Å²) in [7, 11) is 1.83. The van der Waals surface area contributed by atoms with Gasteiger partial charge >= 0.3 is 0 Å². The lowest BCUT2D eigenvalue weighted by atomic mass is 10.0. The first-order chi connectivity index (χ1) is 10.4. The van der Waals surface area contributed by atoms with E-state index in [1.54, 1.807) is 24.3 Å². The van der Waals surface area contributed by atoms with Gasteiger partial charge in [-0.3, -0.25) is 9.59 Å². The van der Waals surface area contributed by atoms with Crippen LogP contribution in [-0.4, -0.2) is 37.5 Å². The summed E-state index contributed by atoms with van der Waals surface area (Å²) in [6.07, 6.45) is 0. The number of halogens is 1. The fourth-order valence-corrected chi connectivity index (χ4v) is 2.09. The highest BCUT2D eigenvalue weighted by Crippen LogP contribution is 2.15. The van der Waals surface area contributed by atoms with Crippen molar-refractivity contribution in [3.63, 3.8) is 0 Å². The van der Waals surface area contributed by atoms with Crippen molar-refractivity contribution in [2.45, 2.75) is 32.9 Å². The summed E-state index contributed by atoms with van der Waals surface area (Å²) in [6, 6.07) is 6.33. The van der Waals surface area contributed by atoms with Crippen LogP contribution in [0, 0.1) is 5.92 Å². The summed E-state index contributed by atoms with van der Waals surface area (Å²) in [5.74, 6) is -0.574. The van der Waals surface area contributed by atoms with Crippen LogP contribution in [0.25, 0.3) is 0 Å². The summed E-state index contributed by atoms with van der Waals surface area (Å²) >= 11 is 6.01. The van der Waals surface area contributed by atoms with Gasteiger partial charge in [0.1, 0.15) is 6.04 Å². The Morgan fingerprint density at radius 1 is 1.18 bits per heavy atom. The fraction of sp³-hybridized carbons (Fsp3) is 0.500. The van der Waals surface area contributed by atoms with E-state index in [1.807, 2.05) is 27.8 Å². The van der Waals surface area contributed by atoms with Gasteiger partial charge in [-0.05, 0) is 32.0 Å². The van der Waals surface area contributed by atoms with Crippen molar-refractivity contribution in [1.82, 2.24) is 16.0 Å². The first kappa shape index (κ1) is 18.5. The monoisotopic (exact) mass is 325 g/mol. The lowest BCUT2D eigenvalue weighted by Crippen LogP contribution is -2.51. The van der Waals surface area contributed by atoms with Gasteiger partial charge in [0.05, 0.1) is 10.6 Å². The van der Waals surface area contributed by atoms with Gasteiger partial charge in [0, 0.05) is 12.6 Å². The van der Waals surface area contributed by atoms with Gasteiger partial charge in [0.25, 0.3) is 5.91 Å². The van der Waals surface area contributed by atoms with Crippen molar-refractivity contribution in [3.05, 3.63) is 34.9 Å². The van der Waals surface area contributed by atoms with Gasteiger partial charge in [0.15, 0.2) is 0 Å². The standard InChI is InChI=1S/C16H24ClN3O2/c1-10(2)14(16(22)19-9-11(3)18-4)20-15(21)12-7-5-6-8-13(12)17/h5-8,10-11,14,18H,9H2,1-4H3,(H,19,22)(H,20,21). The van der Waals surface area contributed by atoms with Crippen molar-refractivity contribution in [1.29, 1.82) is 0 Å². The number of amides is 2. The number of rotatable bonds is 7. The molecule has 0 radical (unpaired) electrons. The number of likely N-dealkylation sites (N-methyl/N-ethyl adjacent to an activating group) is 1. The van der Waals surface area contributed by atoms with Crippen LogP contribution in [0.2, 0.25) is 5.02 Å². The van der Waals surface area contributed by atoms with Crippen molar-refractivity contribution in [2.75, 3.05) is 13.6 Å². The molecule has 22 heavy (non-hydrogen) atoms. The third-order valence-electron chi connectivity index (χ3n) is 3.43. The maximum absolute atomic E-state index is 12.3. The zero-order valence-electron chi connectivity index (χ0n) is 13.4. The molecule has 122 valence electrons. The van der Waals surface area contributed by atoms with Gasteiger partial charge in [0.2, 0.25) is 5.91 Å². The van der Waals surface area contributed by atoms with Crippen LogP contribution in [0.1, 0.15) is 31.1 Å². The Balaban J connectivity index is 2.74. The molecule has 0 fully saturated rings. The SMILES string of the molecule is CNC(C)CNC(=O)C(NC(=O)c1ccccc1Cl)C(C)C. The van der Waals surface area contributed by atoms with Gasteiger partial charge in [-0.15, -0.1) is 0 Å². The predicted molar refractivity (Wildman–Crippen MR) is 89.1 cm³/mol. The molecule has 2 unspecified atom stereocenters. The van der Waals surface area contributed by atoms with E-state index in [0.29, 0.717) is 17.1 Å². The summed E-state index contributed by atoms with van der Waals surface area (Å²) < 4.78 is 0. The number of nitrogens with one attached hydrogen (secondary N) is 3. The molecule has 0 aliphatic rings. The minimum absolute atomic E-state index is 0.0312. The number of carbonyl (C=O) groups is 2. The number of hydrogen-bond acceptors (Lipinski definition) is 3. The zero-order valence-corrected chi connectivity index (χ0v) is 14.2. The molecule has 1 rings (SSSR count). The van der Waals surface area contributed by atoms with Crippen molar-refractivity contribution in [3.8, 4) is 0 Å². The Kier molecular flexibility index (Phi) is 7.35. The lowest BCUT2D eigenvalue weighted by molar-refractivity contribution is -0.124. The van der Waals surface area contributed by atoms with Gasteiger partial charge < -0.3 is 16.0 Å². The quantitative estimate of drug-likeness (QED) is 0.716. The molecule has 1 aromatic rings. The maximum Gasteiger partial charge on any atom is 0.253 e. The Labute approximate surface area is 136 Å². The van der Waals surface area contributed by atoms with Crippen LogP contribution in [0.15, 0.2) is 24.3 Å². The van der Waals surface area contributed by atoms with E-state index < -0.39 is 6.04 Å². The Hall–Kier alpha value is -1.59. The largest absolute Gasteiger partial charge is 0.353 e. The molecular formula is C16H24ClN3O2. The van der Waals surface area contributed by atoms with E-state index in [1.165, 1.54) is 0 Å². The normalized spacial score (nSPS) is 13.5. The first-order valence-corrected chi connectivity index (χ1v) is 7.75. The molecule has 6 heteroatoms. The first-order valence-electron chi connectivity index (χ1n) is 7.37. The van der Waals surface area contributed by atoms with Crippen molar-refractivity contribution < 1.29 is 9.59 Å². The van der Waals surface area contributed by atoms with Gasteiger partial charge in [-0.1, -0.05) is 37.6 Å². The molecule has 0 aromatic heterocycles. The van der Waals surface area contributed by atoms with Crippen LogP contribution in [0.3, 0.4) is 0 Å². The molecule has 0 aliphatic carbocycles. The third kappa shape index (κ3) is 5.31. The average molecular weight is 326 g/mol. The van der Waals surface area contributed by atoms with Crippen molar-refractivity contribution in [2.24, 2.45) is 5.92 Å². The average Bonchev–Trinajstić information content (AvgIpc) is 2.49. The van der Waals surface area contributed by atoms with Crippen LogP contribution in [-0.2, 0) is 4.79 Å². The summed E-state index contributed by atoms with van der Waals surface area (Å²) in [5, 5.41) is 9.01. The molecule has 0 bridgehead atoms. The van der Waals surface area contributed by atoms with E-state index in [0.717, 1.165) is 0 Å². The summed E-state index contributed by atoms with van der Waals surface area (Å²) in [6.45, 7) is 6.24. The van der Waals surface area contributed by atoms with Crippen molar-refractivity contribution >= 4 is 23.4 Å². The second-order valence-corrected chi connectivity index (χ2v) is 6.02. The van der Waals surface area contributed by atoms with E-state index in [2.05, 4.69) is 16.0 Å². The van der Waals surface area contributed by atoms with Gasteiger partial charge in [-0.25, -0.2) is 0 Å². The van der Waals surface area contributed by atoms with Crippen LogP contribution < -0.4 is 16.0 Å². The molecule has 2 amide bonds. The second kappa shape index (κ2) is 8.76. The highest BCUT2D eigenvalue weighted by Gasteiger charge is 2.25. The third-order valence-corrected chi connectivity index (χ3v) is 3.76. The minimum Gasteiger partial charge on any atom is -0.353 e. The van der Waals surface area contributed by atoms with Crippen LogP contribution >= 0.6 is 11.6 Å². The zero-order chi connectivity index (χ0) is 16.7. The molecular weight excluding hydrogens is 302 g/mol. The van der Waals surface area contributed by atoms with Crippen LogP contribution in [0.4, 0.5) is 0 Å². The maximum atomic E-state index is 12.3. The lowest BCUT2D eigenvalue weighted by Gasteiger charge is -2.23. The highest BCUT2D eigenvalue weighted by molar-refractivity contribution is 6.33. The Morgan fingerprint density at radius 2 is 1.82 bits per heavy atom. The molecule has 0 spiro atoms. The van der Waals surface area contributed by atoms with E-state index >= 15 is 0 Å². The Bertz CT molecular complexity index is 520. The molecule has 0 saturated heterocycles. The molecule has 5 nitrogen and oxygen atoms in total. The smallest absolute Gasteiger partial charge is 0.253 e. The van der Waals surface area contributed by atoms with Gasteiger partial charge in [-0.2, -0.15) is 0 Å². The topological polar surface area (TPSA) is 70.2 Å². The number of hydrogen-bond donors (Lipinski definition) is 3. The molecule has 2 atom stereocenters.